The van der Waals surface area contributed by atoms with Gasteiger partial charge >= 0.3 is 0 Å². The van der Waals surface area contributed by atoms with Gasteiger partial charge in [0.25, 0.3) is 0 Å². The first kappa shape index (κ1) is 19.8. The molecule has 3 aromatic rings. The summed E-state index contributed by atoms with van der Waals surface area (Å²) in [7, 11) is -3.88. The van der Waals surface area contributed by atoms with Gasteiger partial charge in [-0.1, -0.05) is 48.5 Å². The maximum Gasteiger partial charge on any atom is 0.243 e. The number of nitrogens with zero attached hydrogens (tertiary/aromatic N) is 2. The highest BCUT2D eigenvalue weighted by molar-refractivity contribution is 7.89. The number of nitriles is 1. The second kappa shape index (κ2) is 8.80. The summed E-state index contributed by atoms with van der Waals surface area (Å²) in [4.78, 5) is 12.7. The van der Waals surface area contributed by atoms with Crippen LogP contribution in [-0.4, -0.2) is 25.2 Å². The van der Waals surface area contributed by atoms with Crippen LogP contribution in [-0.2, 0) is 21.4 Å². The van der Waals surface area contributed by atoms with Crippen LogP contribution in [0.2, 0.25) is 0 Å². The molecule has 0 fully saturated rings. The highest BCUT2D eigenvalue weighted by atomic mass is 32.2. The topological polar surface area (TPSA) is 90.3 Å². The molecule has 0 aliphatic heterocycles. The zero-order chi connectivity index (χ0) is 20.0. The van der Waals surface area contributed by atoms with E-state index in [0.717, 1.165) is 9.87 Å². The van der Waals surface area contributed by atoms with E-state index in [0.29, 0.717) is 10.6 Å². The van der Waals surface area contributed by atoms with Gasteiger partial charge < -0.3 is 5.32 Å². The Hall–Kier alpha value is -2.99. The fraction of sp³-hybridized carbons (Fsp3) is 0.100. The number of amides is 1. The van der Waals surface area contributed by atoms with Crippen LogP contribution in [0.5, 0.6) is 0 Å². The molecule has 28 heavy (non-hydrogen) atoms. The predicted molar refractivity (Wildman–Crippen MR) is 108 cm³/mol. The molecular formula is C20H17N3O3S2. The number of sulfonamides is 1. The summed E-state index contributed by atoms with van der Waals surface area (Å²) in [6, 6.07) is 20.7. The quantitative estimate of drug-likeness (QED) is 0.645. The Morgan fingerprint density at radius 2 is 1.68 bits per heavy atom. The van der Waals surface area contributed by atoms with Gasteiger partial charge in [0.2, 0.25) is 15.9 Å². The van der Waals surface area contributed by atoms with Crippen molar-refractivity contribution in [3.8, 4) is 6.07 Å². The minimum atomic E-state index is -3.88. The van der Waals surface area contributed by atoms with Gasteiger partial charge in [0, 0.05) is 6.54 Å². The molecule has 0 aliphatic carbocycles. The maximum absolute atomic E-state index is 13.1. The maximum atomic E-state index is 13.1. The third kappa shape index (κ3) is 4.64. The number of carbonyl (C=O) groups excluding carboxylic acids is 1. The van der Waals surface area contributed by atoms with E-state index in [9.17, 15) is 13.2 Å². The largest absolute Gasteiger partial charge is 0.315 e. The summed E-state index contributed by atoms with van der Waals surface area (Å²) in [6.45, 7) is -0.310. The van der Waals surface area contributed by atoms with E-state index in [1.807, 2.05) is 24.3 Å². The molecule has 0 saturated carbocycles. The van der Waals surface area contributed by atoms with Crippen molar-refractivity contribution in [1.29, 1.82) is 5.26 Å². The van der Waals surface area contributed by atoms with Crippen molar-refractivity contribution in [2.24, 2.45) is 0 Å². The Balaban J connectivity index is 1.86. The molecular weight excluding hydrogens is 394 g/mol. The Labute approximate surface area is 167 Å². The summed E-state index contributed by atoms with van der Waals surface area (Å²) in [5.74, 6) is -0.505. The monoisotopic (exact) mass is 411 g/mol. The Morgan fingerprint density at radius 1 is 1.04 bits per heavy atom. The normalized spacial score (nSPS) is 11.1. The summed E-state index contributed by atoms with van der Waals surface area (Å²) in [5.41, 5.74) is 1.11. The molecule has 3 rings (SSSR count). The van der Waals surface area contributed by atoms with Gasteiger partial charge in [0.1, 0.15) is 11.1 Å². The molecule has 142 valence electrons. The number of hydrogen-bond acceptors (Lipinski definition) is 5. The lowest BCUT2D eigenvalue weighted by molar-refractivity contribution is -0.116. The van der Waals surface area contributed by atoms with Crippen LogP contribution in [0, 0.1) is 11.3 Å². The van der Waals surface area contributed by atoms with Gasteiger partial charge in [-0.05, 0) is 29.1 Å². The SMILES string of the molecule is N#Cc1ccsc1NC(=O)CN(Cc1ccccc1)S(=O)(=O)c1ccccc1. The van der Waals surface area contributed by atoms with Crippen LogP contribution in [0.15, 0.2) is 77.0 Å². The van der Waals surface area contributed by atoms with Gasteiger partial charge in [-0.15, -0.1) is 11.3 Å². The van der Waals surface area contributed by atoms with E-state index < -0.39 is 15.9 Å². The molecule has 0 saturated heterocycles. The molecule has 1 amide bonds. The fourth-order valence-corrected chi connectivity index (χ4v) is 4.73. The Bertz CT molecular complexity index is 1090. The van der Waals surface area contributed by atoms with Crippen LogP contribution >= 0.6 is 11.3 Å². The number of benzene rings is 2. The predicted octanol–water partition coefficient (Wildman–Crippen LogP) is 3.45. The Morgan fingerprint density at radius 3 is 2.32 bits per heavy atom. The van der Waals surface area contributed by atoms with E-state index >= 15 is 0 Å². The van der Waals surface area contributed by atoms with E-state index in [1.165, 1.54) is 23.5 Å². The van der Waals surface area contributed by atoms with Crippen molar-refractivity contribution in [2.45, 2.75) is 11.4 Å². The number of hydrogen-bond donors (Lipinski definition) is 1. The summed E-state index contributed by atoms with van der Waals surface area (Å²) in [6.07, 6.45) is 0. The van der Waals surface area contributed by atoms with Crippen LogP contribution in [0.4, 0.5) is 5.00 Å². The summed E-state index contributed by atoms with van der Waals surface area (Å²) < 4.78 is 27.3. The van der Waals surface area contributed by atoms with Crippen molar-refractivity contribution >= 4 is 32.3 Å². The standard InChI is InChI=1S/C20H17N3O3S2/c21-13-17-11-12-27-20(17)22-19(24)15-23(14-16-7-3-1-4-8-16)28(25,26)18-9-5-2-6-10-18/h1-12H,14-15H2,(H,22,24). The van der Waals surface area contributed by atoms with Crippen LogP contribution in [0.25, 0.3) is 0 Å². The molecule has 0 unspecified atom stereocenters. The van der Waals surface area contributed by atoms with Gasteiger partial charge in [0.15, 0.2) is 0 Å². The molecule has 0 atom stereocenters. The average Bonchev–Trinajstić information content (AvgIpc) is 3.16. The van der Waals surface area contributed by atoms with Crippen molar-refractivity contribution < 1.29 is 13.2 Å². The van der Waals surface area contributed by atoms with Crippen LogP contribution < -0.4 is 5.32 Å². The van der Waals surface area contributed by atoms with Gasteiger partial charge in [-0.2, -0.15) is 9.57 Å². The molecule has 0 radical (unpaired) electrons. The van der Waals surface area contributed by atoms with Gasteiger partial charge in [-0.3, -0.25) is 4.79 Å². The molecule has 1 N–H and O–H groups in total. The second-order valence-corrected chi connectivity index (χ2v) is 8.75. The second-order valence-electron chi connectivity index (χ2n) is 5.90. The zero-order valence-electron chi connectivity index (χ0n) is 14.8. The fourth-order valence-electron chi connectivity index (χ4n) is 2.57. The summed E-state index contributed by atoms with van der Waals surface area (Å²) in [5, 5.41) is 13.8. The number of carbonyl (C=O) groups is 1. The van der Waals surface area contributed by atoms with Crippen molar-refractivity contribution in [2.75, 3.05) is 11.9 Å². The zero-order valence-corrected chi connectivity index (χ0v) is 16.4. The highest BCUT2D eigenvalue weighted by Gasteiger charge is 2.27. The van der Waals surface area contributed by atoms with Crippen LogP contribution in [0.3, 0.4) is 0 Å². The highest BCUT2D eigenvalue weighted by Crippen LogP contribution is 2.23. The summed E-state index contributed by atoms with van der Waals surface area (Å²) >= 11 is 1.21. The molecule has 0 aliphatic rings. The lowest BCUT2D eigenvalue weighted by Crippen LogP contribution is -2.37. The minimum absolute atomic E-state index is 0.0566. The molecule has 6 nitrogen and oxygen atoms in total. The van der Waals surface area contributed by atoms with E-state index in [1.54, 1.807) is 41.8 Å². The molecule has 0 bridgehead atoms. The third-order valence-corrected chi connectivity index (χ3v) is 6.58. The third-order valence-electron chi connectivity index (χ3n) is 3.94. The molecule has 1 aromatic heterocycles. The Kier molecular flexibility index (Phi) is 6.21. The van der Waals surface area contributed by atoms with Gasteiger partial charge in [-0.25, -0.2) is 8.42 Å². The van der Waals surface area contributed by atoms with Gasteiger partial charge in [0.05, 0.1) is 17.0 Å². The number of rotatable bonds is 7. The van der Waals surface area contributed by atoms with E-state index in [2.05, 4.69) is 5.32 Å². The van der Waals surface area contributed by atoms with Crippen molar-refractivity contribution in [3.63, 3.8) is 0 Å². The lowest BCUT2D eigenvalue weighted by atomic mass is 10.2. The average molecular weight is 412 g/mol. The van der Waals surface area contributed by atoms with Crippen molar-refractivity contribution in [1.82, 2.24) is 4.31 Å². The lowest BCUT2D eigenvalue weighted by Gasteiger charge is -2.22. The van der Waals surface area contributed by atoms with Crippen molar-refractivity contribution in [3.05, 3.63) is 83.2 Å². The van der Waals surface area contributed by atoms with E-state index in [-0.39, 0.29) is 18.0 Å². The molecule has 8 heteroatoms. The molecule has 0 spiro atoms. The van der Waals surface area contributed by atoms with E-state index in [4.69, 9.17) is 5.26 Å². The number of nitrogens with one attached hydrogen (secondary N) is 1. The minimum Gasteiger partial charge on any atom is -0.315 e. The molecule has 1 heterocycles. The number of thiophene rings is 1. The first-order valence-electron chi connectivity index (χ1n) is 8.37. The first-order valence-corrected chi connectivity index (χ1v) is 10.7. The first-order chi connectivity index (χ1) is 13.5. The number of anilines is 1. The van der Waals surface area contributed by atoms with Crippen LogP contribution in [0.1, 0.15) is 11.1 Å². The molecule has 2 aromatic carbocycles. The smallest absolute Gasteiger partial charge is 0.243 e.